The van der Waals surface area contributed by atoms with E-state index in [2.05, 4.69) is 226 Å². The van der Waals surface area contributed by atoms with Gasteiger partial charge in [-0.15, -0.1) is 0 Å². The van der Waals surface area contributed by atoms with Crippen LogP contribution in [-0.2, 0) is 0 Å². The summed E-state index contributed by atoms with van der Waals surface area (Å²) in [5.41, 5.74) is 13.5. The molecule has 0 fully saturated rings. The van der Waals surface area contributed by atoms with Gasteiger partial charge in [0.1, 0.15) is 0 Å². The number of hydrogen-bond donors (Lipinski definition) is 0. The Bertz CT molecular complexity index is 4300. The Morgan fingerprint density at radius 1 is 0.250 bits per heavy atom. The first-order valence-corrected chi connectivity index (χ1v) is 25.1. The molecular formula is C69H43N7. The van der Waals surface area contributed by atoms with E-state index in [0.717, 1.165) is 111 Å². The number of benzene rings is 12. The highest BCUT2D eigenvalue weighted by molar-refractivity contribution is 6.12. The summed E-state index contributed by atoms with van der Waals surface area (Å²) in [4.78, 5) is 6.76. The first-order valence-electron chi connectivity index (χ1n) is 25.1. The van der Waals surface area contributed by atoms with Gasteiger partial charge >= 0.3 is 0 Å². The van der Waals surface area contributed by atoms with Crippen LogP contribution < -0.4 is 14.7 Å². The molecule has 7 heteroatoms. The molecule has 0 spiro atoms. The average molecular weight is 970 g/mol. The summed E-state index contributed by atoms with van der Waals surface area (Å²) in [7, 11) is 0. The van der Waals surface area contributed by atoms with E-state index < -0.39 is 0 Å². The number of nitriles is 3. The third kappa shape index (κ3) is 8.12. The normalized spacial score (nSPS) is 11.1. The lowest BCUT2D eigenvalue weighted by Gasteiger charge is -2.26. The van der Waals surface area contributed by atoms with Crippen LogP contribution >= 0.6 is 0 Å². The van der Waals surface area contributed by atoms with Gasteiger partial charge in [-0.2, -0.15) is 15.8 Å². The molecule has 0 atom stereocenters. The topological polar surface area (TPSA) is 86.0 Å². The maximum atomic E-state index is 9.82. The van der Waals surface area contributed by atoms with Gasteiger partial charge in [0.15, 0.2) is 0 Å². The highest BCUT2D eigenvalue weighted by Gasteiger charge is 2.22. The summed E-state index contributed by atoms with van der Waals surface area (Å²) in [5, 5.41) is 38.3. The Hall–Kier alpha value is -10.9. The Balaban J connectivity index is 1.02. The van der Waals surface area contributed by atoms with Gasteiger partial charge in [-0.05, 0) is 202 Å². The maximum absolute atomic E-state index is 9.82. The smallest absolute Gasteiger partial charge is 0.0991 e. The number of fused-ring (bicyclic) bond motifs is 6. The molecule has 0 N–H and O–H groups in total. The minimum atomic E-state index is 0.592. The number of anilines is 9. The van der Waals surface area contributed by atoms with Crippen molar-refractivity contribution in [3.05, 3.63) is 278 Å². The third-order valence-corrected chi connectivity index (χ3v) is 14.4. The Kier molecular flexibility index (Phi) is 11.2. The van der Waals surface area contributed by atoms with Gasteiger partial charge < -0.3 is 19.3 Å². The minimum absolute atomic E-state index is 0.592. The zero-order valence-electron chi connectivity index (χ0n) is 41.0. The van der Waals surface area contributed by atoms with Crippen molar-refractivity contribution in [1.29, 1.82) is 15.8 Å². The highest BCUT2D eigenvalue weighted by atomic mass is 15.2. The summed E-state index contributed by atoms with van der Waals surface area (Å²) in [6, 6.07) is 97.0. The Morgan fingerprint density at radius 2 is 0.513 bits per heavy atom. The predicted molar refractivity (Wildman–Crippen MR) is 311 cm³/mol. The molecule has 354 valence electrons. The van der Waals surface area contributed by atoms with E-state index in [4.69, 9.17) is 0 Å². The van der Waals surface area contributed by atoms with Gasteiger partial charge in [0.2, 0.25) is 0 Å². The largest absolute Gasteiger partial charge is 0.310 e. The summed E-state index contributed by atoms with van der Waals surface area (Å²) >= 11 is 0. The van der Waals surface area contributed by atoms with E-state index in [1.165, 1.54) is 0 Å². The van der Waals surface area contributed by atoms with Crippen LogP contribution in [0.4, 0.5) is 51.2 Å². The SMILES string of the molecule is N#Cc1ccc(N(c2ccc(-n3c4ccc(N(c5ccc(C#N)cc5)c5ccc6ccccc6c5)cc4c4cc(N(c5ccc(C#N)cc5)c5ccc6ccccc6c5)ccc43)cc2)c2ccc3ccccc3c2)cc1. The minimum Gasteiger partial charge on any atom is -0.310 e. The van der Waals surface area contributed by atoms with E-state index in [1.54, 1.807) is 0 Å². The average Bonchev–Trinajstić information content (AvgIpc) is 3.86. The molecule has 0 saturated heterocycles. The second-order valence-corrected chi connectivity index (χ2v) is 18.8. The number of rotatable bonds is 10. The third-order valence-electron chi connectivity index (χ3n) is 14.4. The predicted octanol–water partition coefficient (Wildman–Crippen LogP) is 18.3. The molecule has 0 amide bonds. The van der Waals surface area contributed by atoms with E-state index in [9.17, 15) is 15.8 Å². The lowest BCUT2D eigenvalue weighted by molar-refractivity contribution is 1.17. The van der Waals surface area contributed by atoms with Crippen LogP contribution in [0.25, 0.3) is 59.8 Å². The zero-order valence-corrected chi connectivity index (χ0v) is 41.0. The standard InChI is InChI=1S/C69H43N7/c70-44-47-13-22-56(23-14-47)73(61-28-19-50-7-1-4-10-53(50)39-61)59-31-33-60(34-32-59)76-68-37-35-64(74(57-24-15-48(45-71)16-25-57)62-29-20-51-8-2-5-11-54(51)40-62)42-66(68)67-43-65(36-38-69(67)76)75(58-26-17-49(46-72)18-27-58)63-30-21-52-9-3-6-12-55(52)41-63/h1-43H. The Morgan fingerprint density at radius 3 is 0.842 bits per heavy atom. The quantitative estimate of drug-likeness (QED) is 0.136. The van der Waals surface area contributed by atoms with Gasteiger partial charge in [-0.3, -0.25) is 0 Å². The molecular weight excluding hydrogens is 927 g/mol. The van der Waals surface area contributed by atoms with Crippen LogP contribution in [0.1, 0.15) is 16.7 Å². The Labute approximate surface area is 439 Å². The van der Waals surface area contributed by atoms with Crippen LogP contribution in [0, 0.1) is 34.0 Å². The number of nitrogens with zero attached hydrogens (tertiary/aromatic N) is 7. The molecule has 1 heterocycles. The molecule has 0 unspecified atom stereocenters. The number of hydrogen-bond acceptors (Lipinski definition) is 6. The van der Waals surface area contributed by atoms with E-state index >= 15 is 0 Å². The number of aromatic nitrogens is 1. The van der Waals surface area contributed by atoms with Crippen molar-refractivity contribution in [2.24, 2.45) is 0 Å². The van der Waals surface area contributed by atoms with E-state index in [1.807, 2.05) is 72.8 Å². The van der Waals surface area contributed by atoms with Crippen molar-refractivity contribution in [3.8, 4) is 23.9 Å². The fourth-order valence-electron chi connectivity index (χ4n) is 10.7. The zero-order chi connectivity index (χ0) is 51.1. The van der Waals surface area contributed by atoms with Crippen molar-refractivity contribution in [2.45, 2.75) is 0 Å². The van der Waals surface area contributed by atoms with Gasteiger partial charge in [0, 0.05) is 67.6 Å². The van der Waals surface area contributed by atoms with Crippen molar-refractivity contribution < 1.29 is 0 Å². The second kappa shape index (κ2) is 18.9. The van der Waals surface area contributed by atoms with Crippen molar-refractivity contribution >= 4 is 105 Å². The molecule has 0 radical (unpaired) electrons. The first kappa shape index (κ1) is 45.0. The lowest BCUT2D eigenvalue weighted by atomic mass is 10.1. The molecule has 12 aromatic carbocycles. The maximum Gasteiger partial charge on any atom is 0.0991 e. The molecule has 1 aromatic heterocycles. The van der Waals surface area contributed by atoms with Crippen molar-refractivity contribution in [1.82, 2.24) is 4.57 Å². The van der Waals surface area contributed by atoms with Crippen LogP contribution in [0.2, 0.25) is 0 Å². The van der Waals surface area contributed by atoms with Gasteiger partial charge in [-0.25, -0.2) is 0 Å². The molecule has 0 saturated carbocycles. The molecule has 0 aliphatic heterocycles. The molecule has 7 nitrogen and oxygen atoms in total. The van der Waals surface area contributed by atoms with Crippen LogP contribution in [0.3, 0.4) is 0 Å². The highest BCUT2D eigenvalue weighted by Crippen LogP contribution is 2.45. The molecule has 0 bridgehead atoms. The monoisotopic (exact) mass is 969 g/mol. The molecule has 0 aliphatic rings. The van der Waals surface area contributed by atoms with Gasteiger partial charge in [0.05, 0.1) is 45.9 Å². The van der Waals surface area contributed by atoms with Crippen LogP contribution in [0.15, 0.2) is 261 Å². The van der Waals surface area contributed by atoms with Gasteiger partial charge in [-0.1, -0.05) is 91.0 Å². The molecule has 0 aliphatic carbocycles. The summed E-state index contributed by atoms with van der Waals surface area (Å²) in [5.74, 6) is 0. The molecule has 13 rings (SSSR count). The van der Waals surface area contributed by atoms with Crippen LogP contribution in [-0.4, -0.2) is 4.57 Å². The van der Waals surface area contributed by atoms with Crippen molar-refractivity contribution in [3.63, 3.8) is 0 Å². The molecule has 76 heavy (non-hydrogen) atoms. The fraction of sp³-hybridized carbons (Fsp3) is 0. The lowest BCUT2D eigenvalue weighted by Crippen LogP contribution is -2.10. The van der Waals surface area contributed by atoms with Crippen molar-refractivity contribution in [2.75, 3.05) is 14.7 Å². The fourth-order valence-corrected chi connectivity index (χ4v) is 10.7. The summed E-state index contributed by atoms with van der Waals surface area (Å²) in [6.07, 6.45) is 0. The summed E-state index contributed by atoms with van der Waals surface area (Å²) < 4.78 is 2.34. The molecule has 13 aromatic rings. The summed E-state index contributed by atoms with van der Waals surface area (Å²) in [6.45, 7) is 0. The van der Waals surface area contributed by atoms with E-state index in [-0.39, 0.29) is 0 Å². The first-order chi connectivity index (χ1) is 37.5. The van der Waals surface area contributed by atoms with Crippen LogP contribution in [0.5, 0.6) is 0 Å². The second-order valence-electron chi connectivity index (χ2n) is 18.8. The van der Waals surface area contributed by atoms with E-state index in [0.29, 0.717) is 16.7 Å². The van der Waals surface area contributed by atoms with Gasteiger partial charge in [0.25, 0.3) is 0 Å².